The molecule has 8 heteroatoms. The van der Waals surface area contributed by atoms with Crippen LogP contribution < -0.4 is 10.6 Å². The van der Waals surface area contributed by atoms with Gasteiger partial charge < -0.3 is 20.3 Å². The molecule has 0 spiro atoms. The van der Waals surface area contributed by atoms with E-state index in [0.29, 0.717) is 30.6 Å². The van der Waals surface area contributed by atoms with Gasteiger partial charge in [-0.3, -0.25) is 9.78 Å². The molecule has 1 aromatic heterocycles. The Kier molecular flexibility index (Phi) is 8.85. The Morgan fingerprint density at radius 1 is 1.00 bits per heavy atom. The molecule has 0 fully saturated rings. The van der Waals surface area contributed by atoms with Gasteiger partial charge in [0, 0.05) is 49.5 Å². The third-order valence-corrected chi connectivity index (χ3v) is 6.44. The monoisotopic (exact) mass is 537 g/mol. The fraction of sp³-hybridized carbons (Fsp3) is 0.312. The van der Waals surface area contributed by atoms with Gasteiger partial charge in [0.1, 0.15) is 5.60 Å². The van der Waals surface area contributed by atoms with Crippen LogP contribution in [0.15, 0.2) is 66.9 Å². The third kappa shape index (κ3) is 7.48. The number of nitriles is 1. The number of aromatic nitrogens is 1. The molecule has 0 atom stereocenters. The molecule has 1 heterocycles. The van der Waals surface area contributed by atoms with Crippen molar-refractivity contribution < 1.29 is 14.3 Å². The summed E-state index contributed by atoms with van der Waals surface area (Å²) >= 11 is 0. The van der Waals surface area contributed by atoms with Crippen molar-refractivity contribution in [1.29, 1.82) is 5.26 Å². The van der Waals surface area contributed by atoms with Crippen LogP contribution in [0.1, 0.15) is 48.7 Å². The molecule has 0 saturated carbocycles. The number of benzene rings is 3. The first-order valence-corrected chi connectivity index (χ1v) is 13.4. The summed E-state index contributed by atoms with van der Waals surface area (Å²) in [6, 6.07) is 21.7. The van der Waals surface area contributed by atoms with Crippen molar-refractivity contribution in [3.63, 3.8) is 0 Å². The number of alkyl carbamates (subject to hydrolysis) is 1. The standard InChI is InChI=1S/C32H35N5O3/c1-32(2,3)40-31(39)36-14-5-17-37(4)30(38)26-10-9-24-18-22(6-8-25(24)20-26)12-15-34-29-13-16-35-28-11-7-23(21-33)19-27(28)29/h6-11,13,16,18-20H,5,12,14-15,17H2,1-4H3,(H,34,35)(H,36,39). The highest BCUT2D eigenvalue weighted by atomic mass is 16.6. The van der Waals surface area contributed by atoms with Gasteiger partial charge in [0.05, 0.1) is 17.1 Å². The average Bonchev–Trinajstić information content (AvgIpc) is 2.93. The van der Waals surface area contributed by atoms with Crippen LogP contribution in [-0.2, 0) is 11.2 Å². The van der Waals surface area contributed by atoms with E-state index in [-0.39, 0.29) is 5.91 Å². The topological polar surface area (TPSA) is 107 Å². The number of carbonyl (C=O) groups is 2. The summed E-state index contributed by atoms with van der Waals surface area (Å²) in [7, 11) is 1.77. The molecule has 8 nitrogen and oxygen atoms in total. The van der Waals surface area contributed by atoms with Crippen molar-refractivity contribution in [1.82, 2.24) is 15.2 Å². The zero-order valence-electron chi connectivity index (χ0n) is 23.5. The normalized spacial score (nSPS) is 11.2. The molecule has 206 valence electrons. The molecule has 0 aliphatic rings. The van der Waals surface area contributed by atoms with Crippen LogP contribution in [0.25, 0.3) is 21.7 Å². The fourth-order valence-corrected chi connectivity index (χ4v) is 4.44. The molecule has 0 aliphatic carbocycles. The predicted molar refractivity (Wildman–Crippen MR) is 158 cm³/mol. The lowest BCUT2D eigenvalue weighted by Gasteiger charge is -2.20. The van der Waals surface area contributed by atoms with Crippen LogP contribution in [-0.4, -0.2) is 54.2 Å². The van der Waals surface area contributed by atoms with Crippen LogP contribution in [0.3, 0.4) is 0 Å². The van der Waals surface area contributed by atoms with Gasteiger partial charge in [-0.15, -0.1) is 0 Å². The average molecular weight is 538 g/mol. The molecule has 0 aliphatic heterocycles. The number of nitrogens with zero attached hydrogens (tertiary/aromatic N) is 3. The number of amides is 2. The van der Waals surface area contributed by atoms with Crippen molar-refractivity contribution in [3.05, 3.63) is 83.6 Å². The molecule has 0 saturated heterocycles. The van der Waals surface area contributed by atoms with Crippen molar-refractivity contribution >= 4 is 39.4 Å². The second kappa shape index (κ2) is 12.5. The number of carbonyl (C=O) groups excluding carboxylic acids is 2. The highest BCUT2D eigenvalue weighted by Gasteiger charge is 2.16. The maximum absolute atomic E-state index is 13.0. The Morgan fingerprint density at radius 3 is 2.55 bits per heavy atom. The number of pyridine rings is 1. The third-order valence-electron chi connectivity index (χ3n) is 6.44. The van der Waals surface area contributed by atoms with E-state index in [4.69, 9.17) is 4.74 Å². The molecule has 2 N–H and O–H groups in total. The Morgan fingerprint density at radius 2 is 1.77 bits per heavy atom. The predicted octanol–water partition coefficient (Wildman–Crippen LogP) is 5.90. The Labute approximate surface area is 235 Å². The maximum atomic E-state index is 13.0. The zero-order chi connectivity index (χ0) is 28.7. The summed E-state index contributed by atoms with van der Waals surface area (Å²) in [6.07, 6.45) is 2.76. The van der Waals surface area contributed by atoms with E-state index >= 15 is 0 Å². The van der Waals surface area contributed by atoms with Crippen LogP contribution in [0.4, 0.5) is 10.5 Å². The Hall–Kier alpha value is -4.64. The SMILES string of the molecule is CN(CCCNC(=O)OC(C)(C)C)C(=O)c1ccc2cc(CCNc3ccnc4ccc(C#N)cc34)ccc2c1. The number of hydrogen-bond acceptors (Lipinski definition) is 6. The number of ether oxygens (including phenoxy) is 1. The molecular formula is C32H35N5O3. The lowest BCUT2D eigenvalue weighted by atomic mass is 10.0. The van der Waals surface area contributed by atoms with E-state index < -0.39 is 11.7 Å². The highest BCUT2D eigenvalue weighted by Crippen LogP contribution is 2.23. The van der Waals surface area contributed by atoms with E-state index in [2.05, 4.69) is 33.8 Å². The lowest BCUT2D eigenvalue weighted by molar-refractivity contribution is 0.0526. The van der Waals surface area contributed by atoms with E-state index in [1.807, 2.05) is 63.2 Å². The Bertz CT molecular complexity index is 1570. The van der Waals surface area contributed by atoms with Crippen molar-refractivity contribution in [3.8, 4) is 6.07 Å². The zero-order valence-corrected chi connectivity index (χ0v) is 23.5. The summed E-state index contributed by atoms with van der Waals surface area (Å²) in [5.74, 6) is -0.0587. The van der Waals surface area contributed by atoms with E-state index in [0.717, 1.165) is 40.3 Å². The number of hydrogen-bond donors (Lipinski definition) is 2. The first kappa shape index (κ1) is 28.4. The van der Waals surface area contributed by atoms with Gasteiger partial charge in [0.15, 0.2) is 0 Å². The fourth-order valence-electron chi connectivity index (χ4n) is 4.44. The summed E-state index contributed by atoms with van der Waals surface area (Å²) in [6.45, 7) is 7.13. The minimum Gasteiger partial charge on any atom is -0.444 e. The lowest BCUT2D eigenvalue weighted by Crippen LogP contribution is -2.35. The number of nitrogens with one attached hydrogen (secondary N) is 2. The van der Waals surface area contributed by atoms with Crippen molar-refractivity contribution in [2.24, 2.45) is 0 Å². The quantitative estimate of drug-likeness (QED) is 0.257. The van der Waals surface area contributed by atoms with E-state index in [9.17, 15) is 14.9 Å². The number of anilines is 1. The number of rotatable bonds is 9. The first-order valence-electron chi connectivity index (χ1n) is 13.4. The van der Waals surface area contributed by atoms with Crippen LogP contribution in [0, 0.1) is 11.3 Å². The van der Waals surface area contributed by atoms with E-state index in [1.165, 1.54) is 5.56 Å². The maximum Gasteiger partial charge on any atom is 0.407 e. The van der Waals surface area contributed by atoms with Crippen LogP contribution in [0.2, 0.25) is 0 Å². The van der Waals surface area contributed by atoms with Crippen molar-refractivity contribution in [2.75, 3.05) is 32.0 Å². The smallest absolute Gasteiger partial charge is 0.407 e. The summed E-state index contributed by atoms with van der Waals surface area (Å²) < 4.78 is 5.23. The Balaban J connectivity index is 1.31. The molecule has 3 aromatic carbocycles. The second-order valence-corrected chi connectivity index (χ2v) is 10.8. The van der Waals surface area contributed by atoms with Gasteiger partial charge in [0.2, 0.25) is 0 Å². The van der Waals surface area contributed by atoms with E-state index in [1.54, 1.807) is 24.2 Å². The van der Waals surface area contributed by atoms with Gasteiger partial charge in [-0.25, -0.2) is 4.79 Å². The molecule has 0 unspecified atom stereocenters. The summed E-state index contributed by atoms with van der Waals surface area (Å²) in [4.78, 5) is 30.8. The highest BCUT2D eigenvalue weighted by molar-refractivity contribution is 5.98. The first-order chi connectivity index (χ1) is 19.1. The van der Waals surface area contributed by atoms with Crippen LogP contribution in [0.5, 0.6) is 0 Å². The molecule has 4 rings (SSSR count). The largest absolute Gasteiger partial charge is 0.444 e. The van der Waals surface area contributed by atoms with Crippen molar-refractivity contribution in [2.45, 2.75) is 39.2 Å². The molecule has 2 amide bonds. The second-order valence-electron chi connectivity index (χ2n) is 10.8. The van der Waals surface area contributed by atoms with Gasteiger partial charge >= 0.3 is 6.09 Å². The van der Waals surface area contributed by atoms with Gasteiger partial charge in [0.25, 0.3) is 5.91 Å². The molecular weight excluding hydrogens is 502 g/mol. The molecule has 4 aromatic rings. The summed E-state index contributed by atoms with van der Waals surface area (Å²) in [5, 5.41) is 18.4. The molecule has 40 heavy (non-hydrogen) atoms. The molecule has 0 bridgehead atoms. The van der Waals surface area contributed by atoms with Crippen LogP contribution >= 0.6 is 0 Å². The summed E-state index contributed by atoms with van der Waals surface area (Å²) in [5.41, 5.74) is 3.69. The van der Waals surface area contributed by atoms with Gasteiger partial charge in [-0.05, 0) is 86.3 Å². The minimum atomic E-state index is -0.538. The minimum absolute atomic E-state index is 0.0587. The number of fused-ring (bicyclic) bond motifs is 2. The van der Waals surface area contributed by atoms with Gasteiger partial charge in [-0.2, -0.15) is 5.26 Å². The molecule has 0 radical (unpaired) electrons. The van der Waals surface area contributed by atoms with Gasteiger partial charge in [-0.1, -0.05) is 24.3 Å².